The van der Waals surface area contributed by atoms with E-state index in [1.54, 1.807) is 0 Å². The summed E-state index contributed by atoms with van der Waals surface area (Å²) in [7, 11) is 0. The number of rotatable bonds is 0. The second-order valence-corrected chi connectivity index (χ2v) is 3.40. The summed E-state index contributed by atoms with van der Waals surface area (Å²) in [5, 5.41) is 7.29. The Balaban J connectivity index is 2.67. The average molecular weight is 157 g/mol. The molecular weight excluding hydrogens is 142 g/mol. The van der Waals surface area contributed by atoms with Crippen molar-refractivity contribution >= 4 is 5.96 Å². The topological polar surface area (TPSA) is 62.3 Å². The Hall–Kier alpha value is -0.770. The molecule has 1 heterocycles. The van der Waals surface area contributed by atoms with Crippen molar-refractivity contribution in [2.24, 2.45) is 5.73 Å². The third-order valence-corrected chi connectivity index (χ3v) is 1.94. The minimum Gasteiger partial charge on any atom is -0.377 e. The molecule has 1 rings (SSSR count). The predicted octanol–water partition coefficient (Wildman–Crippen LogP) is -0.00933. The highest BCUT2D eigenvalue weighted by atomic mass is 16.5. The molecule has 0 aromatic rings. The van der Waals surface area contributed by atoms with Crippen LogP contribution in [0.5, 0.6) is 0 Å². The van der Waals surface area contributed by atoms with Crippen LogP contribution in [-0.4, -0.2) is 36.2 Å². The number of nitrogens with one attached hydrogen (secondary N) is 1. The van der Waals surface area contributed by atoms with Crippen LogP contribution < -0.4 is 5.73 Å². The largest absolute Gasteiger partial charge is 0.377 e. The van der Waals surface area contributed by atoms with Gasteiger partial charge in [0.25, 0.3) is 0 Å². The van der Waals surface area contributed by atoms with Crippen molar-refractivity contribution in [1.29, 1.82) is 5.41 Å². The van der Waals surface area contributed by atoms with Crippen LogP contribution in [0, 0.1) is 5.41 Å². The summed E-state index contributed by atoms with van der Waals surface area (Å²) in [4.78, 5) is 1.86. The summed E-state index contributed by atoms with van der Waals surface area (Å²) in [5.41, 5.74) is 5.28. The molecule has 0 unspecified atom stereocenters. The van der Waals surface area contributed by atoms with E-state index in [2.05, 4.69) is 0 Å². The van der Waals surface area contributed by atoms with Gasteiger partial charge in [-0.2, -0.15) is 0 Å². The van der Waals surface area contributed by atoms with E-state index < -0.39 is 0 Å². The van der Waals surface area contributed by atoms with Gasteiger partial charge < -0.3 is 15.4 Å². The highest BCUT2D eigenvalue weighted by molar-refractivity contribution is 5.75. The van der Waals surface area contributed by atoms with Crippen LogP contribution in [0.25, 0.3) is 0 Å². The molecule has 0 aliphatic carbocycles. The summed E-state index contributed by atoms with van der Waals surface area (Å²) in [6.07, 6.45) is 0. The van der Waals surface area contributed by atoms with Crippen LogP contribution in [0.3, 0.4) is 0 Å². The lowest BCUT2D eigenvalue weighted by molar-refractivity contribution is -0.0159. The maximum atomic E-state index is 7.29. The summed E-state index contributed by atoms with van der Waals surface area (Å²) < 4.78 is 5.27. The van der Waals surface area contributed by atoms with Gasteiger partial charge in [0.1, 0.15) is 0 Å². The summed E-state index contributed by atoms with van der Waals surface area (Å²) >= 11 is 0. The molecule has 1 fully saturated rings. The SMILES string of the molecule is CC1(C)COCCN1C(=N)N. The molecule has 11 heavy (non-hydrogen) atoms. The highest BCUT2D eigenvalue weighted by Crippen LogP contribution is 2.17. The van der Waals surface area contributed by atoms with Crippen LogP contribution in [-0.2, 0) is 4.74 Å². The van der Waals surface area contributed by atoms with Crippen molar-refractivity contribution in [2.75, 3.05) is 19.8 Å². The fourth-order valence-electron chi connectivity index (χ4n) is 1.30. The quantitative estimate of drug-likeness (QED) is 0.384. The van der Waals surface area contributed by atoms with Crippen molar-refractivity contribution in [1.82, 2.24) is 4.90 Å². The van der Waals surface area contributed by atoms with Crippen LogP contribution in [0.1, 0.15) is 13.8 Å². The van der Waals surface area contributed by atoms with Gasteiger partial charge in [-0.05, 0) is 13.8 Å². The Morgan fingerprint density at radius 2 is 2.27 bits per heavy atom. The van der Waals surface area contributed by atoms with E-state index in [-0.39, 0.29) is 11.5 Å². The molecule has 1 aliphatic rings. The molecule has 0 aromatic carbocycles. The van der Waals surface area contributed by atoms with E-state index in [1.807, 2.05) is 18.7 Å². The van der Waals surface area contributed by atoms with Crippen molar-refractivity contribution < 1.29 is 4.74 Å². The number of morpholine rings is 1. The number of guanidine groups is 1. The van der Waals surface area contributed by atoms with Crippen molar-refractivity contribution in [2.45, 2.75) is 19.4 Å². The fraction of sp³-hybridized carbons (Fsp3) is 0.857. The number of ether oxygens (including phenoxy) is 1. The third-order valence-electron chi connectivity index (χ3n) is 1.94. The number of nitrogens with two attached hydrogens (primary N) is 1. The van der Waals surface area contributed by atoms with Crippen molar-refractivity contribution in [3.63, 3.8) is 0 Å². The molecule has 4 heteroatoms. The van der Waals surface area contributed by atoms with Gasteiger partial charge in [-0.1, -0.05) is 0 Å². The molecule has 0 saturated carbocycles. The fourth-order valence-corrected chi connectivity index (χ4v) is 1.30. The Bertz CT molecular complexity index is 167. The molecule has 3 N–H and O–H groups in total. The molecule has 1 saturated heterocycles. The van der Waals surface area contributed by atoms with Gasteiger partial charge in [0.2, 0.25) is 0 Å². The van der Waals surface area contributed by atoms with Gasteiger partial charge in [0.15, 0.2) is 5.96 Å². The molecule has 4 nitrogen and oxygen atoms in total. The van der Waals surface area contributed by atoms with Gasteiger partial charge in [-0.3, -0.25) is 5.41 Å². The van der Waals surface area contributed by atoms with Crippen molar-refractivity contribution in [3.05, 3.63) is 0 Å². The zero-order chi connectivity index (χ0) is 8.48. The van der Waals surface area contributed by atoms with Gasteiger partial charge in [-0.25, -0.2) is 0 Å². The third kappa shape index (κ3) is 1.63. The smallest absolute Gasteiger partial charge is 0.188 e. The van der Waals surface area contributed by atoms with E-state index in [1.165, 1.54) is 0 Å². The minimum atomic E-state index is -0.121. The molecule has 1 aliphatic heterocycles. The lowest BCUT2D eigenvalue weighted by Crippen LogP contribution is -2.57. The summed E-state index contributed by atoms with van der Waals surface area (Å²) in [5.74, 6) is 0.137. The second kappa shape index (κ2) is 2.70. The number of hydrogen-bond donors (Lipinski definition) is 2. The van der Waals surface area contributed by atoms with Crippen LogP contribution in [0.15, 0.2) is 0 Å². The van der Waals surface area contributed by atoms with Gasteiger partial charge in [0.05, 0.1) is 18.8 Å². The summed E-state index contributed by atoms with van der Waals surface area (Å²) in [6.45, 7) is 6.08. The van der Waals surface area contributed by atoms with E-state index in [0.717, 1.165) is 6.54 Å². The number of hydrogen-bond acceptors (Lipinski definition) is 2. The van der Waals surface area contributed by atoms with Gasteiger partial charge in [-0.15, -0.1) is 0 Å². The Labute approximate surface area is 66.8 Å². The van der Waals surface area contributed by atoms with E-state index in [4.69, 9.17) is 15.9 Å². The first kappa shape index (κ1) is 8.33. The molecule has 0 radical (unpaired) electrons. The number of nitrogens with zero attached hydrogens (tertiary/aromatic N) is 1. The second-order valence-electron chi connectivity index (χ2n) is 3.40. The Kier molecular flexibility index (Phi) is 2.04. The monoisotopic (exact) mass is 157 g/mol. The standard InChI is InChI=1S/C7H15N3O/c1-7(2)5-11-4-3-10(7)6(8)9/h3-5H2,1-2H3,(H3,8,9). The lowest BCUT2D eigenvalue weighted by Gasteiger charge is -2.42. The molecule has 0 aromatic heterocycles. The maximum Gasteiger partial charge on any atom is 0.188 e. The molecular formula is C7H15N3O. The van der Waals surface area contributed by atoms with Crippen LogP contribution in [0.4, 0.5) is 0 Å². The average Bonchev–Trinajstić information content (AvgIpc) is 1.85. The molecule has 64 valence electrons. The molecule has 0 atom stereocenters. The predicted molar refractivity (Wildman–Crippen MR) is 43.5 cm³/mol. The first-order chi connectivity index (χ1) is 5.04. The Morgan fingerprint density at radius 3 is 2.64 bits per heavy atom. The van der Waals surface area contributed by atoms with Gasteiger partial charge >= 0.3 is 0 Å². The van der Waals surface area contributed by atoms with E-state index in [0.29, 0.717) is 13.2 Å². The van der Waals surface area contributed by atoms with Crippen LogP contribution >= 0.6 is 0 Å². The minimum absolute atomic E-state index is 0.121. The lowest BCUT2D eigenvalue weighted by atomic mass is 10.0. The molecule has 0 amide bonds. The molecule has 0 spiro atoms. The Morgan fingerprint density at radius 1 is 1.64 bits per heavy atom. The zero-order valence-corrected chi connectivity index (χ0v) is 7.05. The summed E-state index contributed by atoms with van der Waals surface area (Å²) in [6, 6.07) is 0. The first-order valence-electron chi connectivity index (χ1n) is 3.73. The van der Waals surface area contributed by atoms with E-state index >= 15 is 0 Å². The van der Waals surface area contributed by atoms with Crippen LogP contribution in [0.2, 0.25) is 0 Å². The normalized spacial score (nSPS) is 23.3. The maximum absolute atomic E-state index is 7.29. The molecule has 0 bridgehead atoms. The highest BCUT2D eigenvalue weighted by Gasteiger charge is 2.31. The zero-order valence-electron chi connectivity index (χ0n) is 7.05. The van der Waals surface area contributed by atoms with E-state index in [9.17, 15) is 0 Å². The first-order valence-corrected chi connectivity index (χ1v) is 3.73. The van der Waals surface area contributed by atoms with Crippen molar-refractivity contribution in [3.8, 4) is 0 Å². The van der Waals surface area contributed by atoms with Gasteiger partial charge in [0, 0.05) is 6.54 Å².